The molecule has 0 amide bonds. The van der Waals surface area contributed by atoms with Gasteiger partial charge >= 0.3 is 5.97 Å². The molecule has 0 aromatic carbocycles. The molecule has 14 heavy (non-hydrogen) atoms. The molecule has 0 saturated heterocycles. The fourth-order valence-electron chi connectivity index (χ4n) is 1.09. The van der Waals surface area contributed by atoms with Crippen LogP contribution in [0.3, 0.4) is 0 Å². The zero-order valence-corrected chi connectivity index (χ0v) is 9.49. The van der Waals surface area contributed by atoms with Crippen LogP contribution in [0.4, 0.5) is 0 Å². The van der Waals surface area contributed by atoms with Gasteiger partial charge in [-0.25, -0.2) is 0 Å². The van der Waals surface area contributed by atoms with Gasteiger partial charge < -0.3 is 10.8 Å². The van der Waals surface area contributed by atoms with Gasteiger partial charge in [0.15, 0.2) is 0 Å². The standard InChI is InChI=1S/C8H9Cl2NO2S/c9-5-3-6(14-7(5)10)4(1-2-11)8(12)13/h3-4H,1-2,11H2,(H,12,13). The number of hydrogen-bond acceptors (Lipinski definition) is 3. The number of aliphatic carboxylic acids is 1. The van der Waals surface area contributed by atoms with E-state index in [1.165, 1.54) is 11.3 Å². The molecule has 6 heteroatoms. The Balaban J connectivity index is 2.93. The molecule has 1 aromatic rings. The lowest BCUT2D eigenvalue weighted by Gasteiger charge is -2.07. The molecule has 0 aliphatic heterocycles. The van der Waals surface area contributed by atoms with Gasteiger partial charge in [0.05, 0.1) is 10.9 Å². The molecule has 1 aromatic heterocycles. The summed E-state index contributed by atoms with van der Waals surface area (Å²) < 4.78 is 0.421. The normalized spacial score (nSPS) is 12.8. The number of carbonyl (C=O) groups is 1. The lowest BCUT2D eigenvalue weighted by atomic mass is 10.0. The topological polar surface area (TPSA) is 63.3 Å². The van der Waals surface area contributed by atoms with Crippen molar-refractivity contribution in [2.75, 3.05) is 6.54 Å². The average molecular weight is 254 g/mol. The second-order valence-corrected chi connectivity index (χ2v) is 4.83. The molecular weight excluding hydrogens is 245 g/mol. The van der Waals surface area contributed by atoms with E-state index in [1.54, 1.807) is 6.07 Å². The lowest BCUT2D eigenvalue weighted by Crippen LogP contribution is -2.14. The van der Waals surface area contributed by atoms with E-state index in [-0.39, 0.29) is 0 Å². The summed E-state index contributed by atoms with van der Waals surface area (Å²) in [6.45, 7) is 0.324. The third kappa shape index (κ3) is 2.60. The number of rotatable bonds is 4. The second kappa shape index (κ2) is 4.98. The van der Waals surface area contributed by atoms with E-state index in [2.05, 4.69) is 0 Å². The van der Waals surface area contributed by atoms with Gasteiger partial charge in [0.25, 0.3) is 0 Å². The minimum Gasteiger partial charge on any atom is -0.481 e. The summed E-state index contributed by atoms with van der Waals surface area (Å²) in [5.41, 5.74) is 5.32. The number of thiophene rings is 1. The molecule has 0 saturated carbocycles. The highest BCUT2D eigenvalue weighted by molar-refractivity contribution is 7.17. The number of hydrogen-bond donors (Lipinski definition) is 2. The Kier molecular flexibility index (Phi) is 4.19. The van der Waals surface area contributed by atoms with Gasteiger partial charge in [-0.2, -0.15) is 0 Å². The van der Waals surface area contributed by atoms with Crippen LogP contribution in [0.15, 0.2) is 6.07 Å². The van der Waals surface area contributed by atoms with E-state index in [4.69, 9.17) is 34.0 Å². The Morgan fingerprint density at radius 1 is 1.64 bits per heavy atom. The fraction of sp³-hybridized carbons (Fsp3) is 0.375. The summed E-state index contributed by atoms with van der Waals surface area (Å²) in [5.74, 6) is -1.50. The zero-order chi connectivity index (χ0) is 10.7. The van der Waals surface area contributed by atoms with Crippen LogP contribution in [0.1, 0.15) is 17.2 Å². The first-order valence-corrected chi connectivity index (χ1v) is 5.51. The van der Waals surface area contributed by atoms with Crippen LogP contribution in [0.5, 0.6) is 0 Å². The minimum atomic E-state index is -0.898. The van der Waals surface area contributed by atoms with Crippen LogP contribution in [-0.4, -0.2) is 17.6 Å². The SMILES string of the molecule is NCCC(C(=O)O)c1cc(Cl)c(Cl)s1. The average Bonchev–Trinajstić information content (AvgIpc) is 2.42. The first-order chi connectivity index (χ1) is 6.56. The Labute approximate surface area is 95.4 Å². The van der Waals surface area contributed by atoms with E-state index >= 15 is 0 Å². The van der Waals surface area contributed by atoms with E-state index in [0.29, 0.717) is 27.2 Å². The predicted octanol–water partition coefficient (Wildman–Crippen LogP) is 2.57. The van der Waals surface area contributed by atoms with Crippen molar-refractivity contribution in [1.82, 2.24) is 0 Å². The lowest BCUT2D eigenvalue weighted by molar-refractivity contribution is -0.138. The van der Waals surface area contributed by atoms with E-state index in [1.807, 2.05) is 0 Å². The summed E-state index contributed by atoms with van der Waals surface area (Å²) in [7, 11) is 0. The highest BCUT2D eigenvalue weighted by Crippen LogP contribution is 2.36. The number of carboxylic acid groups (broad SMARTS) is 1. The Hall–Kier alpha value is -0.290. The van der Waals surface area contributed by atoms with Gasteiger partial charge in [0.2, 0.25) is 0 Å². The maximum absolute atomic E-state index is 10.9. The molecule has 0 bridgehead atoms. The summed E-state index contributed by atoms with van der Waals surface area (Å²) >= 11 is 12.7. The molecule has 0 spiro atoms. The first kappa shape index (κ1) is 11.8. The van der Waals surface area contributed by atoms with Crippen LogP contribution < -0.4 is 5.73 Å². The van der Waals surface area contributed by atoms with Gasteiger partial charge in [-0.05, 0) is 19.0 Å². The van der Waals surface area contributed by atoms with Crippen molar-refractivity contribution in [3.63, 3.8) is 0 Å². The summed E-state index contributed by atoms with van der Waals surface area (Å²) in [6.07, 6.45) is 0.391. The molecule has 1 heterocycles. The van der Waals surface area contributed by atoms with Crippen LogP contribution in [0, 0.1) is 0 Å². The van der Waals surface area contributed by atoms with Gasteiger partial charge in [-0.3, -0.25) is 4.79 Å². The number of nitrogens with two attached hydrogens (primary N) is 1. The van der Waals surface area contributed by atoms with Crippen molar-refractivity contribution in [1.29, 1.82) is 0 Å². The van der Waals surface area contributed by atoms with E-state index in [0.717, 1.165) is 0 Å². The number of halogens is 2. The highest BCUT2D eigenvalue weighted by Gasteiger charge is 2.22. The smallest absolute Gasteiger partial charge is 0.311 e. The molecule has 3 N–H and O–H groups in total. The van der Waals surface area contributed by atoms with Crippen LogP contribution in [-0.2, 0) is 4.79 Å². The largest absolute Gasteiger partial charge is 0.481 e. The third-order valence-corrected chi connectivity index (χ3v) is 3.74. The summed E-state index contributed by atoms with van der Waals surface area (Å²) in [6, 6.07) is 1.59. The molecule has 78 valence electrons. The quantitative estimate of drug-likeness (QED) is 0.867. The van der Waals surface area contributed by atoms with Gasteiger partial charge in [0.1, 0.15) is 4.34 Å². The number of carboxylic acids is 1. The van der Waals surface area contributed by atoms with Crippen molar-refractivity contribution in [3.05, 3.63) is 20.3 Å². The highest BCUT2D eigenvalue weighted by atomic mass is 35.5. The molecule has 0 radical (unpaired) electrons. The summed E-state index contributed by atoms with van der Waals surface area (Å²) in [4.78, 5) is 11.5. The fourth-order valence-corrected chi connectivity index (χ4v) is 2.61. The maximum Gasteiger partial charge on any atom is 0.311 e. The molecule has 0 aliphatic rings. The molecule has 3 nitrogen and oxygen atoms in total. The molecule has 1 atom stereocenters. The summed E-state index contributed by atoms with van der Waals surface area (Å²) in [5, 5.41) is 9.32. The molecule has 0 aliphatic carbocycles. The minimum absolute atomic E-state index is 0.324. The molecule has 1 rings (SSSR count). The van der Waals surface area contributed by atoms with Crippen molar-refractivity contribution in [3.8, 4) is 0 Å². The van der Waals surface area contributed by atoms with Crippen LogP contribution in [0.25, 0.3) is 0 Å². The zero-order valence-electron chi connectivity index (χ0n) is 7.17. The Morgan fingerprint density at radius 2 is 2.29 bits per heavy atom. The molecule has 0 fully saturated rings. The monoisotopic (exact) mass is 253 g/mol. The van der Waals surface area contributed by atoms with Crippen molar-refractivity contribution in [2.24, 2.45) is 5.73 Å². The molecular formula is C8H9Cl2NO2S. The van der Waals surface area contributed by atoms with Gasteiger partial charge in [-0.15, -0.1) is 11.3 Å². The Morgan fingerprint density at radius 3 is 2.64 bits per heavy atom. The first-order valence-electron chi connectivity index (χ1n) is 3.94. The second-order valence-electron chi connectivity index (χ2n) is 2.74. The third-order valence-electron chi connectivity index (χ3n) is 1.76. The van der Waals surface area contributed by atoms with Crippen molar-refractivity contribution in [2.45, 2.75) is 12.3 Å². The van der Waals surface area contributed by atoms with Gasteiger partial charge in [-0.1, -0.05) is 23.2 Å². The van der Waals surface area contributed by atoms with Crippen LogP contribution in [0.2, 0.25) is 9.36 Å². The van der Waals surface area contributed by atoms with E-state index in [9.17, 15) is 4.79 Å². The predicted molar refractivity (Wildman–Crippen MR) is 58.4 cm³/mol. The molecule has 1 unspecified atom stereocenters. The van der Waals surface area contributed by atoms with E-state index < -0.39 is 11.9 Å². The maximum atomic E-state index is 10.9. The van der Waals surface area contributed by atoms with Crippen molar-refractivity contribution >= 4 is 40.5 Å². The van der Waals surface area contributed by atoms with Gasteiger partial charge in [0, 0.05) is 4.88 Å². The van der Waals surface area contributed by atoms with Crippen molar-refractivity contribution < 1.29 is 9.90 Å². The van der Waals surface area contributed by atoms with Crippen LogP contribution >= 0.6 is 34.5 Å². The Bertz CT molecular complexity index is 321.